The first-order chi connectivity index (χ1) is 13.6. The van der Waals surface area contributed by atoms with Crippen molar-refractivity contribution in [3.8, 4) is 0 Å². The van der Waals surface area contributed by atoms with Gasteiger partial charge in [-0.2, -0.15) is 9.50 Å². The Kier molecular flexibility index (Phi) is 4.12. The second-order valence-electron chi connectivity index (χ2n) is 7.49. The van der Waals surface area contributed by atoms with Crippen LogP contribution in [0.3, 0.4) is 0 Å². The third kappa shape index (κ3) is 3.27. The monoisotopic (exact) mass is 378 g/mol. The van der Waals surface area contributed by atoms with Gasteiger partial charge in [-0.1, -0.05) is 12.1 Å². The lowest BCUT2D eigenvalue weighted by Crippen LogP contribution is -2.29. The summed E-state index contributed by atoms with van der Waals surface area (Å²) in [5.74, 6) is 1.40. The van der Waals surface area contributed by atoms with Gasteiger partial charge in [-0.15, -0.1) is 5.10 Å². The van der Waals surface area contributed by atoms with Crippen molar-refractivity contribution < 1.29 is 9.90 Å². The first kappa shape index (κ1) is 17.0. The molecule has 3 aromatic rings. The highest BCUT2D eigenvalue weighted by Crippen LogP contribution is 2.28. The van der Waals surface area contributed by atoms with Crippen LogP contribution < -0.4 is 16.0 Å². The summed E-state index contributed by atoms with van der Waals surface area (Å²) in [6.45, 7) is 0. The number of nitrogens with one attached hydrogen (secondary N) is 3. The highest BCUT2D eigenvalue weighted by molar-refractivity contribution is 5.99. The Balaban J connectivity index is 1.37. The number of carbonyl (C=O) groups excluding carboxylic acids is 1. The van der Waals surface area contributed by atoms with Gasteiger partial charge in [-0.05, 0) is 55.5 Å². The molecule has 1 amide bonds. The molecule has 0 unspecified atom stereocenters. The van der Waals surface area contributed by atoms with Gasteiger partial charge in [0.25, 0.3) is 0 Å². The van der Waals surface area contributed by atoms with Crippen LogP contribution in [0.1, 0.15) is 31.2 Å². The summed E-state index contributed by atoms with van der Waals surface area (Å²) < 4.78 is 1.79. The number of hydrogen-bond donors (Lipinski definition) is 4. The van der Waals surface area contributed by atoms with Crippen LogP contribution in [-0.4, -0.2) is 37.8 Å². The maximum Gasteiger partial charge on any atom is 0.247 e. The molecule has 144 valence electrons. The van der Waals surface area contributed by atoms with Gasteiger partial charge in [0.2, 0.25) is 11.9 Å². The van der Waals surface area contributed by atoms with E-state index in [4.69, 9.17) is 0 Å². The van der Waals surface area contributed by atoms with Crippen LogP contribution in [-0.2, 0) is 11.2 Å². The average Bonchev–Trinajstić information content (AvgIpc) is 3.26. The van der Waals surface area contributed by atoms with E-state index >= 15 is 0 Å². The predicted octanol–water partition coefficient (Wildman–Crippen LogP) is 2.68. The molecule has 4 N–H and O–H groups in total. The van der Waals surface area contributed by atoms with Crippen molar-refractivity contribution in [2.45, 2.75) is 44.2 Å². The number of fused-ring (bicyclic) bond motifs is 2. The molecule has 5 rings (SSSR count). The number of carbonyl (C=O) groups is 1. The highest BCUT2D eigenvalue weighted by Gasteiger charge is 2.20. The molecular weight excluding hydrogens is 356 g/mol. The van der Waals surface area contributed by atoms with E-state index in [0.717, 1.165) is 54.1 Å². The number of aliphatic hydroxyl groups is 1. The van der Waals surface area contributed by atoms with Gasteiger partial charge in [-0.25, -0.2) is 0 Å². The topological polar surface area (TPSA) is 104 Å². The number of aliphatic hydroxyl groups excluding tert-OH is 1. The van der Waals surface area contributed by atoms with E-state index in [9.17, 15) is 9.90 Å². The number of rotatable bonds is 4. The number of amides is 1. The number of anilines is 4. The molecule has 1 aliphatic carbocycles. The van der Waals surface area contributed by atoms with Crippen molar-refractivity contribution in [1.82, 2.24) is 14.6 Å². The van der Waals surface area contributed by atoms with Gasteiger partial charge < -0.3 is 21.1 Å². The van der Waals surface area contributed by atoms with E-state index in [1.54, 1.807) is 4.52 Å². The van der Waals surface area contributed by atoms with Gasteiger partial charge in [0.1, 0.15) is 5.82 Å². The third-order valence-electron chi connectivity index (χ3n) is 5.40. The van der Waals surface area contributed by atoms with E-state index < -0.39 is 0 Å². The van der Waals surface area contributed by atoms with Crippen molar-refractivity contribution in [3.63, 3.8) is 0 Å². The molecule has 2 aliphatic rings. The Hall–Kier alpha value is -3.13. The Morgan fingerprint density at radius 2 is 2.00 bits per heavy atom. The molecule has 28 heavy (non-hydrogen) atoms. The zero-order chi connectivity index (χ0) is 19.1. The van der Waals surface area contributed by atoms with Crippen LogP contribution in [0.5, 0.6) is 0 Å². The van der Waals surface area contributed by atoms with Crippen LogP contribution >= 0.6 is 0 Å². The normalized spacial score (nSPS) is 21.4. The fourth-order valence-corrected chi connectivity index (χ4v) is 3.92. The number of pyridine rings is 1. The molecular formula is C20H22N6O2. The van der Waals surface area contributed by atoms with Crippen molar-refractivity contribution in [3.05, 3.63) is 42.0 Å². The maximum absolute atomic E-state index is 11.5. The predicted molar refractivity (Wildman–Crippen MR) is 107 cm³/mol. The lowest BCUT2D eigenvalue weighted by molar-refractivity contribution is -0.115. The molecule has 1 aliphatic heterocycles. The molecule has 0 atom stereocenters. The lowest BCUT2D eigenvalue weighted by Gasteiger charge is -2.26. The zero-order valence-corrected chi connectivity index (χ0v) is 15.4. The van der Waals surface area contributed by atoms with Gasteiger partial charge in [0.05, 0.1) is 12.5 Å². The van der Waals surface area contributed by atoms with E-state index in [-0.39, 0.29) is 12.0 Å². The van der Waals surface area contributed by atoms with Crippen LogP contribution in [0.25, 0.3) is 5.65 Å². The summed E-state index contributed by atoms with van der Waals surface area (Å²) in [4.78, 5) is 16.1. The lowest BCUT2D eigenvalue weighted by atomic mass is 9.93. The molecule has 8 nitrogen and oxygen atoms in total. The Morgan fingerprint density at radius 3 is 2.86 bits per heavy atom. The first-order valence-electron chi connectivity index (χ1n) is 9.64. The van der Waals surface area contributed by atoms with Gasteiger partial charge in [-0.3, -0.25) is 4.79 Å². The molecule has 0 spiro atoms. The summed E-state index contributed by atoms with van der Waals surface area (Å²) in [5, 5.41) is 23.9. The molecule has 1 saturated carbocycles. The summed E-state index contributed by atoms with van der Waals surface area (Å²) in [7, 11) is 0. The van der Waals surface area contributed by atoms with Crippen molar-refractivity contribution >= 4 is 34.7 Å². The minimum absolute atomic E-state index is 0.0175. The van der Waals surface area contributed by atoms with Gasteiger partial charge in [0.15, 0.2) is 5.65 Å². The Bertz CT molecular complexity index is 1040. The van der Waals surface area contributed by atoms with Gasteiger partial charge in [0, 0.05) is 17.4 Å². The minimum atomic E-state index is -0.173. The molecule has 1 aromatic carbocycles. The SMILES string of the molecule is O=C1Cc2ccc(Nc3nc4cccc(N[C@H]5CC[C@@H](O)CC5)n4n3)cc2N1. The van der Waals surface area contributed by atoms with Crippen molar-refractivity contribution in [2.24, 2.45) is 0 Å². The first-order valence-corrected chi connectivity index (χ1v) is 9.64. The Morgan fingerprint density at radius 1 is 1.14 bits per heavy atom. The fraction of sp³-hybridized carbons (Fsp3) is 0.350. The fourth-order valence-electron chi connectivity index (χ4n) is 3.92. The maximum atomic E-state index is 11.5. The number of hydrogen-bond acceptors (Lipinski definition) is 6. The standard InChI is InChI=1S/C20H22N6O2/c27-15-8-6-13(7-9-15)21-17-2-1-3-18-24-20(25-26(17)18)22-14-5-4-12-10-19(28)23-16(12)11-14/h1-5,11,13,15,21,27H,6-10H2,(H,22,25)(H,23,28)/t13-,15+. The van der Waals surface area contributed by atoms with Crippen LogP contribution in [0.4, 0.5) is 23.1 Å². The number of nitrogens with zero attached hydrogens (tertiary/aromatic N) is 3. The molecule has 1 fully saturated rings. The quantitative estimate of drug-likeness (QED) is 0.557. The van der Waals surface area contributed by atoms with E-state index in [1.165, 1.54) is 0 Å². The Labute approximate surface area is 162 Å². The van der Waals surface area contributed by atoms with E-state index in [0.29, 0.717) is 18.4 Å². The van der Waals surface area contributed by atoms with Gasteiger partial charge >= 0.3 is 0 Å². The molecule has 0 radical (unpaired) electrons. The summed E-state index contributed by atoms with van der Waals surface area (Å²) in [6, 6.07) is 12.0. The summed E-state index contributed by atoms with van der Waals surface area (Å²) in [6.07, 6.45) is 3.79. The van der Waals surface area contributed by atoms with E-state index in [2.05, 4.69) is 26.0 Å². The van der Waals surface area contributed by atoms with Crippen molar-refractivity contribution in [1.29, 1.82) is 0 Å². The van der Waals surface area contributed by atoms with Crippen molar-refractivity contribution in [2.75, 3.05) is 16.0 Å². The minimum Gasteiger partial charge on any atom is -0.393 e. The number of aromatic nitrogens is 3. The molecule has 0 saturated heterocycles. The second-order valence-corrected chi connectivity index (χ2v) is 7.49. The molecule has 8 heteroatoms. The molecule has 2 aromatic heterocycles. The average molecular weight is 378 g/mol. The number of benzene rings is 1. The van der Waals surface area contributed by atoms with Crippen LogP contribution in [0, 0.1) is 0 Å². The van der Waals surface area contributed by atoms with Crippen LogP contribution in [0.2, 0.25) is 0 Å². The van der Waals surface area contributed by atoms with Crippen LogP contribution in [0.15, 0.2) is 36.4 Å². The largest absolute Gasteiger partial charge is 0.393 e. The molecule has 0 bridgehead atoms. The zero-order valence-electron chi connectivity index (χ0n) is 15.4. The third-order valence-corrected chi connectivity index (χ3v) is 5.40. The summed E-state index contributed by atoms with van der Waals surface area (Å²) in [5.41, 5.74) is 3.41. The molecule has 3 heterocycles. The highest BCUT2D eigenvalue weighted by atomic mass is 16.3. The second kappa shape index (κ2) is 6.79. The summed E-state index contributed by atoms with van der Waals surface area (Å²) >= 11 is 0. The van der Waals surface area contributed by atoms with E-state index in [1.807, 2.05) is 36.4 Å². The smallest absolute Gasteiger partial charge is 0.247 e.